The molecule has 1 amide bonds. The fourth-order valence-electron chi connectivity index (χ4n) is 2.30. The largest absolute Gasteiger partial charge is 0.466 e. The molecule has 1 N–H and O–H groups in total. The number of rotatable bonds is 6. The van der Waals surface area contributed by atoms with Gasteiger partial charge in [0.2, 0.25) is 5.91 Å². The van der Waals surface area contributed by atoms with Crippen LogP contribution in [0, 0.1) is 5.92 Å². The van der Waals surface area contributed by atoms with Crippen molar-refractivity contribution >= 4 is 11.9 Å². The number of piperidine rings is 1. The third-order valence-corrected chi connectivity index (χ3v) is 3.28. The standard InChI is InChI=1S/C13H24N2O3/c1-3-18-13(17)11-6-4-8-15(10-11)9-5-7-12(16)14-2/h11H,3-10H2,1-2H3,(H,14,16)/t11-/m0/s1. The summed E-state index contributed by atoms with van der Waals surface area (Å²) in [7, 11) is 1.65. The van der Waals surface area contributed by atoms with Gasteiger partial charge in [-0.05, 0) is 39.3 Å². The minimum atomic E-state index is -0.0755. The normalized spacial score (nSPS) is 20.4. The van der Waals surface area contributed by atoms with Crippen LogP contribution in [0.15, 0.2) is 0 Å². The van der Waals surface area contributed by atoms with E-state index in [2.05, 4.69) is 10.2 Å². The number of ether oxygens (including phenoxy) is 1. The number of nitrogens with one attached hydrogen (secondary N) is 1. The number of likely N-dealkylation sites (tertiary alicyclic amines) is 1. The number of carbonyl (C=O) groups is 2. The molecule has 1 saturated heterocycles. The zero-order chi connectivity index (χ0) is 13.4. The number of carbonyl (C=O) groups excluding carboxylic acids is 2. The number of nitrogens with zero attached hydrogens (tertiary/aromatic N) is 1. The molecule has 1 aliphatic rings. The zero-order valence-corrected chi connectivity index (χ0v) is 11.4. The molecule has 0 spiro atoms. The summed E-state index contributed by atoms with van der Waals surface area (Å²) in [6, 6.07) is 0. The summed E-state index contributed by atoms with van der Waals surface area (Å²) in [4.78, 5) is 25.0. The zero-order valence-electron chi connectivity index (χ0n) is 11.4. The molecule has 0 bridgehead atoms. The Balaban J connectivity index is 2.26. The van der Waals surface area contributed by atoms with Gasteiger partial charge < -0.3 is 15.0 Å². The van der Waals surface area contributed by atoms with E-state index in [1.807, 2.05) is 6.92 Å². The minimum Gasteiger partial charge on any atom is -0.466 e. The molecular formula is C13H24N2O3. The van der Waals surface area contributed by atoms with E-state index in [4.69, 9.17) is 4.74 Å². The third-order valence-electron chi connectivity index (χ3n) is 3.28. The van der Waals surface area contributed by atoms with Gasteiger partial charge in [0.25, 0.3) is 0 Å². The molecule has 18 heavy (non-hydrogen) atoms. The highest BCUT2D eigenvalue weighted by atomic mass is 16.5. The molecule has 1 heterocycles. The molecule has 0 aliphatic carbocycles. The predicted molar refractivity (Wildman–Crippen MR) is 69.1 cm³/mol. The summed E-state index contributed by atoms with van der Waals surface area (Å²) in [6.45, 7) is 4.95. The van der Waals surface area contributed by atoms with Crippen LogP contribution in [0.4, 0.5) is 0 Å². The number of amides is 1. The fraction of sp³-hybridized carbons (Fsp3) is 0.846. The highest BCUT2D eigenvalue weighted by Gasteiger charge is 2.26. The van der Waals surface area contributed by atoms with Crippen LogP contribution >= 0.6 is 0 Å². The van der Waals surface area contributed by atoms with E-state index >= 15 is 0 Å². The highest BCUT2D eigenvalue weighted by molar-refractivity contribution is 5.75. The molecule has 1 atom stereocenters. The van der Waals surface area contributed by atoms with E-state index in [0.29, 0.717) is 13.0 Å². The van der Waals surface area contributed by atoms with Gasteiger partial charge in [-0.1, -0.05) is 0 Å². The van der Waals surface area contributed by atoms with Crippen LogP contribution in [0.1, 0.15) is 32.6 Å². The molecule has 0 aromatic rings. The summed E-state index contributed by atoms with van der Waals surface area (Å²) in [6.07, 6.45) is 3.35. The molecular weight excluding hydrogens is 232 g/mol. The first-order valence-electron chi connectivity index (χ1n) is 6.77. The van der Waals surface area contributed by atoms with Crippen molar-refractivity contribution in [2.75, 3.05) is 33.3 Å². The third kappa shape index (κ3) is 5.04. The molecule has 104 valence electrons. The van der Waals surface area contributed by atoms with Crippen LogP contribution in [0.25, 0.3) is 0 Å². The van der Waals surface area contributed by atoms with Crippen LogP contribution in [0.5, 0.6) is 0 Å². The van der Waals surface area contributed by atoms with E-state index in [1.165, 1.54) is 0 Å². The fourth-order valence-corrected chi connectivity index (χ4v) is 2.30. The highest BCUT2D eigenvalue weighted by Crippen LogP contribution is 2.18. The lowest BCUT2D eigenvalue weighted by Crippen LogP contribution is -2.40. The first kappa shape index (κ1) is 15.0. The number of hydrogen-bond acceptors (Lipinski definition) is 4. The lowest BCUT2D eigenvalue weighted by atomic mass is 9.98. The Morgan fingerprint density at radius 2 is 2.22 bits per heavy atom. The molecule has 5 heteroatoms. The van der Waals surface area contributed by atoms with Crippen molar-refractivity contribution in [3.05, 3.63) is 0 Å². The van der Waals surface area contributed by atoms with E-state index in [0.717, 1.165) is 38.9 Å². The first-order chi connectivity index (χ1) is 8.67. The summed E-state index contributed by atoms with van der Waals surface area (Å²) >= 11 is 0. The van der Waals surface area contributed by atoms with Crippen molar-refractivity contribution in [2.24, 2.45) is 5.92 Å². The Hall–Kier alpha value is -1.10. The first-order valence-corrected chi connectivity index (χ1v) is 6.77. The Morgan fingerprint density at radius 3 is 2.89 bits per heavy atom. The predicted octanol–water partition coefficient (Wildman–Crippen LogP) is 0.788. The molecule has 1 aliphatic heterocycles. The Bertz CT molecular complexity index is 281. The summed E-state index contributed by atoms with van der Waals surface area (Å²) in [5.74, 6) is 0.0150. The van der Waals surface area contributed by atoms with Gasteiger partial charge in [0, 0.05) is 20.0 Å². The van der Waals surface area contributed by atoms with Gasteiger partial charge in [-0.2, -0.15) is 0 Å². The van der Waals surface area contributed by atoms with Crippen molar-refractivity contribution in [2.45, 2.75) is 32.6 Å². The van der Waals surface area contributed by atoms with Gasteiger partial charge in [0.15, 0.2) is 0 Å². The van der Waals surface area contributed by atoms with E-state index < -0.39 is 0 Å². The monoisotopic (exact) mass is 256 g/mol. The van der Waals surface area contributed by atoms with Crippen molar-refractivity contribution in [1.82, 2.24) is 10.2 Å². The second-order valence-electron chi connectivity index (χ2n) is 4.67. The van der Waals surface area contributed by atoms with Crippen molar-refractivity contribution in [3.8, 4) is 0 Å². The maximum atomic E-state index is 11.7. The lowest BCUT2D eigenvalue weighted by Gasteiger charge is -2.31. The number of hydrogen-bond donors (Lipinski definition) is 1. The molecule has 0 saturated carbocycles. The topological polar surface area (TPSA) is 58.6 Å². The molecule has 5 nitrogen and oxygen atoms in total. The van der Waals surface area contributed by atoms with Crippen LogP contribution in [0.3, 0.4) is 0 Å². The van der Waals surface area contributed by atoms with E-state index in [9.17, 15) is 9.59 Å². The molecule has 1 rings (SSSR count). The van der Waals surface area contributed by atoms with E-state index in [1.54, 1.807) is 7.05 Å². The summed E-state index contributed by atoms with van der Waals surface area (Å²) in [5, 5.41) is 2.61. The quantitative estimate of drug-likeness (QED) is 0.714. The smallest absolute Gasteiger partial charge is 0.310 e. The average molecular weight is 256 g/mol. The van der Waals surface area contributed by atoms with Gasteiger partial charge in [0.1, 0.15) is 0 Å². The molecule has 0 aromatic heterocycles. The Kier molecular flexibility index (Phi) is 6.72. The van der Waals surface area contributed by atoms with Crippen LogP contribution in [0.2, 0.25) is 0 Å². The van der Waals surface area contributed by atoms with Crippen LogP contribution in [-0.2, 0) is 14.3 Å². The number of esters is 1. The second-order valence-corrected chi connectivity index (χ2v) is 4.67. The SMILES string of the molecule is CCOC(=O)[C@H]1CCCN(CCCC(=O)NC)C1. The van der Waals surface area contributed by atoms with Gasteiger partial charge in [-0.25, -0.2) is 0 Å². The Labute approximate surface area is 109 Å². The van der Waals surface area contributed by atoms with Crippen LogP contribution < -0.4 is 5.32 Å². The second kappa shape index (κ2) is 8.08. The molecule has 0 unspecified atom stereocenters. The molecule has 1 fully saturated rings. The van der Waals surface area contributed by atoms with Gasteiger partial charge in [0.05, 0.1) is 12.5 Å². The Morgan fingerprint density at radius 1 is 1.44 bits per heavy atom. The average Bonchev–Trinajstić information content (AvgIpc) is 2.39. The van der Waals surface area contributed by atoms with Gasteiger partial charge in [-0.3, -0.25) is 9.59 Å². The van der Waals surface area contributed by atoms with Gasteiger partial charge >= 0.3 is 5.97 Å². The summed E-state index contributed by atoms with van der Waals surface area (Å²) in [5.41, 5.74) is 0. The maximum Gasteiger partial charge on any atom is 0.310 e. The van der Waals surface area contributed by atoms with Crippen molar-refractivity contribution in [1.29, 1.82) is 0 Å². The molecule has 0 radical (unpaired) electrons. The van der Waals surface area contributed by atoms with E-state index in [-0.39, 0.29) is 17.8 Å². The maximum absolute atomic E-state index is 11.7. The van der Waals surface area contributed by atoms with Crippen LogP contribution in [-0.4, -0.2) is 50.1 Å². The molecule has 0 aromatic carbocycles. The minimum absolute atomic E-state index is 0.0127. The van der Waals surface area contributed by atoms with Crippen molar-refractivity contribution in [3.63, 3.8) is 0 Å². The van der Waals surface area contributed by atoms with Gasteiger partial charge in [-0.15, -0.1) is 0 Å². The van der Waals surface area contributed by atoms with Crippen molar-refractivity contribution < 1.29 is 14.3 Å². The summed E-state index contributed by atoms with van der Waals surface area (Å²) < 4.78 is 5.06. The lowest BCUT2D eigenvalue weighted by molar-refractivity contribution is -0.150.